The molecule has 3 aliphatic heterocycles. The third-order valence-electron chi connectivity index (χ3n) is 5.31. The highest BCUT2D eigenvalue weighted by Crippen LogP contribution is 2.44. The summed E-state index contributed by atoms with van der Waals surface area (Å²) in [4.78, 5) is 38.9. The number of hydrogen-bond acceptors (Lipinski definition) is 4. The van der Waals surface area contributed by atoms with Crippen LogP contribution in [0.2, 0.25) is 10.0 Å². The van der Waals surface area contributed by atoms with Gasteiger partial charge in [0, 0.05) is 31.6 Å². The first kappa shape index (κ1) is 18.3. The summed E-state index contributed by atoms with van der Waals surface area (Å²) in [7, 11) is 0. The van der Waals surface area contributed by atoms with Gasteiger partial charge in [-0.1, -0.05) is 23.2 Å². The molecule has 10 heteroatoms. The minimum atomic E-state index is -0.673. The van der Waals surface area contributed by atoms with Crippen LogP contribution in [0.15, 0.2) is 6.07 Å². The topological polar surface area (TPSA) is 81.8 Å². The standard InChI is InChI=1S/C17H17Cl2FN4O3/c18-10-6-11(20)9-5-8-7-23(3-4-24(8)15(9)14(10)19)13(25)2-1-12-16(26)22-17(27)21-12/h6,8,12H,1-5,7H2,(H2,21,22,26,27). The average Bonchev–Trinajstić information content (AvgIpc) is 3.17. The minimum Gasteiger partial charge on any atom is -0.363 e. The predicted octanol–water partition coefficient (Wildman–Crippen LogP) is 1.69. The van der Waals surface area contributed by atoms with Gasteiger partial charge in [-0.2, -0.15) is 0 Å². The van der Waals surface area contributed by atoms with Crippen LogP contribution in [-0.2, 0) is 16.0 Å². The molecule has 2 fully saturated rings. The van der Waals surface area contributed by atoms with Crippen LogP contribution < -0.4 is 15.5 Å². The van der Waals surface area contributed by atoms with Crippen molar-refractivity contribution in [2.45, 2.75) is 31.3 Å². The molecule has 27 heavy (non-hydrogen) atoms. The summed E-state index contributed by atoms with van der Waals surface area (Å²) < 4.78 is 14.3. The van der Waals surface area contributed by atoms with E-state index in [1.54, 1.807) is 4.90 Å². The van der Waals surface area contributed by atoms with E-state index in [-0.39, 0.29) is 35.6 Å². The molecule has 1 aromatic rings. The normalized spacial score (nSPS) is 23.8. The molecule has 0 saturated carbocycles. The Kier molecular flexibility index (Phi) is 4.63. The van der Waals surface area contributed by atoms with E-state index in [9.17, 15) is 18.8 Å². The van der Waals surface area contributed by atoms with Crippen LogP contribution >= 0.6 is 23.2 Å². The first-order chi connectivity index (χ1) is 12.8. The Labute approximate surface area is 164 Å². The molecule has 2 saturated heterocycles. The van der Waals surface area contributed by atoms with Crippen molar-refractivity contribution < 1.29 is 18.8 Å². The maximum atomic E-state index is 14.3. The molecule has 1 aromatic carbocycles. The minimum absolute atomic E-state index is 0.0577. The Morgan fingerprint density at radius 1 is 1.30 bits per heavy atom. The number of carbonyl (C=O) groups is 3. The molecule has 2 atom stereocenters. The van der Waals surface area contributed by atoms with E-state index < -0.39 is 18.0 Å². The number of urea groups is 1. The Morgan fingerprint density at radius 2 is 2.07 bits per heavy atom. The van der Waals surface area contributed by atoms with Crippen LogP contribution in [-0.4, -0.2) is 54.5 Å². The van der Waals surface area contributed by atoms with Crippen molar-refractivity contribution in [1.82, 2.24) is 15.5 Å². The largest absolute Gasteiger partial charge is 0.363 e. The second-order valence-electron chi connectivity index (χ2n) is 6.93. The van der Waals surface area contributed by atoms with Crippen molar-refractivity contribution in [2.24, 2.45) is 0 Å². The summed E-state index contributed by atoms with van der Waals surface area (Å²) in [5.41, 5.74) is 1.16. The van der Waals surface area contributed by atoms with Gasteiger partial charge < -0.3 is 15.1 Å². The fraction of sp³-hybridized carbons (Fsp3) is 0.471. The van der Waals surface area contributed by atoms with Crippen molar-refractivity contribution in [3.8, 4) is 0 Å². The number of nitrogens with one attached hydrogen (secondary N) is 2. The number of halogens is 3. The van der Waals surface area contributed by atoms with Crippen LogP contribution in [0.4, 0.5) is 14.9 Å². The lowest BCUT2D eigenvalue weighted by molar-refractivity contribution is -0.132. The molecule has 2 unspecified atom stereocenters. The molecular formula is C17H17Cl2FN4O3. The van der Waals surface area contributed by atoms with Crippen molar-refractivity contribution in [3.63, 3.8) is 0 Å². The van der Waals surface area contributed by atoms with E-state index >= 15 is 0 Å². The third kappa shape index (κ3) is 3.21. The maximum absolute atomic E-state index is 14.3. The Bertz CT molecular complexity index is 850. The second kappa shape index (κ2) is 6.83. The lowest BCUT2D eigenvalue weighted by atomic mass is 10.1. The van der Waals surface area contributed by atoms with Crippen molar-refractivity contribution >= 4 is 46.7 Å². The first-order valence-corrected chi connectivity index (χ1v) is 9.43. The van der Waals surface area contributed by atoms with Crippen molar-refractivity contribution in [2.75, 3.05) is 24.5 Å². The van der Waals surface area contributed by atoms with E-state index in [0.717, 1.165) is 0 Å². The lowest BCUT2D eigenvalue weighted by Crippen LogP contribution is -2.53. The van der Waals surface area contributed by atoms with Gasteiger partial charge in [-0.3, -0.25) is 14.9 Å². The summed E-state index contributed by atoms with van der Waals surface area (Å²) in [6.07, 6.45) is 0.861. The quantitative estimate of drug-likeness (QED) is 0.582. The number of fused-ring (bicyclic) bond motifs is 3. The predicted molar refractivity (Wildman–Crippen MR) is 97.5 cm³/mol. The maximum Gasteiger partial charge on any atom is 0.322 e. The molecule has 3 aliphatic rings. The zero-order chi connectivity index (χ0) is 19.3. The Balaban J connectivity index is 1.40. The number of amides is 4. The Hall–Kier alpha value is -2.06. The van der Waals surface area contributed by atoms with E-state index in [0.29, 0.717) is 42.3 Å². The van der Waals surface area contributed by atoms with Crippen LogP contribution in [0.25, 0.3) is 0 Å². The summed E-state index contributed by atoms with van der Waals surface area (Å²) >= 11 is 12.3. The highest BCUT2D eigenvalue weighted by Gasteiger charge is 2.39. The molecule has 2 N–H and O–H groups in total. The SMILES string of the molecule is O=C1NC(=O)C(CCC(=O)N2CCN3c4c(Cl)c(Cl)cc(F)c4CC3C2)N1. The lowest BCUT2D eigenvalue weighted by Gasteiger charge is -2.39. The molecule has 0 bridgehead atoms. The monoisotopic (exact) mass is 414 g/mol. The highest BCUT2D eigenvalue weighted by atomic mass is 35.5. The molecule has 4 rings (SSSR count). The van der Waals surface area contributed by atoms with Crippen LogP contribution in [0.1, 0.15) is 18.4 Å². The number of piperazine rings is 1. The molecule has 7 nitrogen and oxygen atoms in total. The molecule has 3 heterocycles. The van der Waals surface area contributed by atoms with Crippen LogP contribution in [0.3, 0.4) is 0 Å². The number of anilines is 1. The van der Waals surface area contributed by atoms with E-state index in [1.165, 1.54) is 6.07 Å². The summed E-state index contributed by atoms with van der Waals surface area (Å²) in [6.45, 7) is 1.45. The molecule has 0 radical (unpaired) electrons. The van der Waals surface area contributed by atoms with E-state index in [2.05, 4.69) is 10.6 Å². The molecule has 144 valence electrons. The number of imide groups is 1. The number of nitrogens with zero attached hydrogens (tertiary/aromatic N) is 2. The summed E-state index contributed by atoms with van der Waals surface area (Å²) in [6, 6.07) is -0.0380. The summed E-state index contributed by atoms with van der Waals surface area (Å²) in [5.74, 6) is -0.885. The molecule has 4 amide bonds. The second-order valence-corrected chi connectivity index (χ2v) is 7.71. The van der Waals surface area contributed by atoms with Gasteiger partial charge in [0.2, 0.25) is 5.91 Å². The number of benzene rings is 1. The zero-order valence-electron chi connectivity index (χ0n) is 14.2. The van der Waals surface area contributed by atoms with Gasteiger partial charge in [0.15, 0.2) is 0 Å². The fourth-order valence-corrected chi connectivity index (χ4v) is 4.45. The van der Waals surface area contributed by atoms with Gasteiger partial charge in [-0.25, -0.2) is 9.18 Å². The van der Waals surface area contributed by atoms with E-state index in [1.807, 2.05) is 4.90 Å². The van der Waals surface area contributed by atoms with Gasteiger partial charge in [-0.05, 0) is 18.9 Å². The van der Waals surface area contributed by atoms with E-state index in [4.69, 9.17) is 23.2 Å². The van der Waals surface area contributed by atoms with Crippen molar-refractivity contribution in [3.05, 3.63) is 27.5 Å². The molecule has 0 spiro atoms. The van der Waals surface area contributed by atoms with Crippen LogP contribution in [0, 0.1) is 5.82 Å². The molecule has 0 aromatic heterocycles. The average molecular weight is 415 g/mol. The van der Waals surface area contributed by atoms with Gasteiger partial charge in [-0.15, -0.1) is 0 Å². The van der Waals surface area contributed by atoms with Gasteiger partial charge in [0.25, 0.3) is 5.91 Å². The fourth-order valence-electron chi connectivity index (χ4n) is 3.99. The van der Waals surface area contributed by atoms with Crippen molar-refractivity contribution in [1.29, 1.82) is 0 Å². The third-order valence-corrected chi connectivity index (χ3v) is 6.09. The van der Waals surface area contributed by atoms with Gasteiger partial charge in [0.05, 0.1) is 21.8 Å². The van der Waals surface area contributed by atoms with Gasteiger partial charge in [0.1, 0.15) is 11.9 Å². The Morgan fingerprint density at radius 3 is 2.78 bits per heavy atom. The number of hydrogen-bond donors (Lipinski definition) is 2. The van der Waals surface area contributed by atoms with Gasteiger partial charge >= 0.3 is 6.03 Å². The zero-order valence-corrected chi connectivity index (χ0v) is 15.7. The van der Waals surface area contributed by atoms with Crippen LogP contribution in [0.5, 0.6) is 0 Å². The molecule has 0 aliphatic carbocycles. The smallest absolute Gasteiger partial charge is 0.322 e. The summed E-state index contributed by atoms with van der Waals surface area (Å²) in [5, 5.41) is 5.16. The first-order valence-electron chi connectivity index (χ1n) is 8.67. The number of carbonyl (C=O) groups excluding carboxylic acids is 3. The highest BCUT2D eigenvalue weighted by molar-refractivity contribution is 6.44. The molecular weight excluding hydrogens is 398 g/mol. The number of rotatable bonds is 3.